The van der Waals surface area contributed by atoms with Crippen molar-refractivity contribution in [3.8, 4) is 11.5 Å². The molecule has 1 aromatic heterocycles. The molecule has 20 heavy (non-hydrogen) atoms. The maximum Gasteiger partial charge on any atom is 0.229 e. The molecule has 0 bridgehead atoms. The number of rotatable bonds is 5. The number of hydrogen-bond donors (Lipinski definition) is 1. The molecule has 2 N–H and O–H groups in total. The summed E-state index contributed by atoms with van der Waals surface area (Å²) < 4.78 is 15.6. The van der Waals surface area contributed by atoms with E-state index >= 15 is 0 Å². The van der Waals surface area contributed by atoms with E-state index in [2.05, 4.69) is 10.1 Å². The van der Waals surface area contributed by atoms with Crippen LogP contribution in [0.25, 0.3) is 0 Å². The van der Waals surface area contributed by atoms with Crippen molar-refractivity contribution in [2.45, 2.75) is 25.8 Å². The van der Waals surface area contributed by atoms with E-state index in [1.807, 2.05) is 26.0 Å². The van der Waals surface area contributed by atoms with E-state index in [9.17, 15) is 0 Å². The number of benzene rings is 1. The summed E-state index contributed by atoms with van der Waals surface area (Å²) in [5.41, 5.74) is 7.00. The first kappa shape index (κ1) is 14.3. The molecule has 1 unspecified atom stereocenters. The third-order valence-electron chi connectivity index (χ3n) is 3.00. The van der Waals surface area contributed by atoms with Crippen LogP contribution in [-0.4, -0.2) is 24.4 Å². The smallest absolute Gasteiger partial charge is 0.229 e. The summed E-state index contributed by atoms with van der Waals surface area (Å²) in [6.45, 7) is 3.97. The molecule has 1 heterocycles. The minimum atomic E-state index is -0.467. The first-order chi connectivity index (χ1) is 9.56. The van der Waals surface area contributed by atoms with Gasteiger partial charge in [-0.15, -0.1) is 0 Å². The van der Waals surface area contributed by atoms with Crippen LogP contribution < -0.4 is 15.2 Å². The Kier molecular flexibility index (Phi) is 4.24. The van der Waals surface area contributed by atoms with Gasteiger partial charge in [0.2, 0.25) is 5.89 Å². The van der Waals surface area contributed by atoms with Gasteiger partial charge in [-0.2, -0.15) is 4.98 Å². The van der Waals surface area contributed by atoms with E-state index in [-0.39, 0.29) is 5.92 Å². The fourth-order valence-corrected chi connectivity index (χ4v) is 1.80. The Morgan fingerprint density at radius 3 is 2.40 bits per heavy atom. The van der Waals surface area contributed by atoms with Crippen LogP contribution in [0.4, 0.5) is 0 Å². The van der Waals surface area contributed by atoms with Gasteiger partial charge in [-0.05, 0) is 17.7 Å². The highest BCUT2D eigenvalue weighted by molar-refractivity contribution is 5.44. The summed E-state index contributed by atoms with van der Waals surface area (Å²) in [6, 6.07) is 5.01. The van der Waals surface area contributed by atoms with Crippen LogP contribution in [0, 0.1) is 0 Å². The number of ether oxygens (including phenoxy) is 2. The average Bonchev–Trinajstić information content (AvgIpc) is 2.95. The number of methoxy groups -OCH3 is 2. The highest BCUT2D eigenvalue weighted by Crippen LogP contribution is 2.30. The fourth-order valence-electron chi connectivity index (χ4n) is 1.80. The van der Waals surface area contributed by atoms with Crippen LogP contribution in [-0.2, 0) is 0 Å². The van der Waals surface area contributed by atoms with E-state index in [1.54, 1.807) is 20.3 Å². The number of aromatic nitrogens is 2. The SMILES string of the molecule is COc1ccc(C(N)c2noc(C(C)C)n2)cc1OC. The second-order valence-corrected chi connectivity index (χ2v) is 4.74. The van der Waals surface area contributed by atoms with Crippen molar-refractivity contribution in [2.75, 3.05) is 14.2 Å². The first-order valence-electron chi connectivity index (χ1n) is 6.37. The molecule has 1 atom stereocenters. The predicted molar refractivity (Wildman–Crippen MR) is 74.0 cm³/mol. The van der Waals surface area contributed by atoms with Crippen LogP contribution in [0.1, 0.15) is 43.1 Å². The highest BCUT2D eigenvalue weighted by Gasteiger charge is 2.19. The lowest BCUT2D eigenvalue weighted by molar-refractivity contribution is 0.353. The molecule has 0 aliphatic carbocycles. The van der Waals surface area contributed by atoms with Crippen molar-refractivity contribution in [2.24, 2.45) is 5.73 Å². The van der Waals surface area contributed by atoms with E-state index < -0.39 is 6.04 Å². The molecule has 0 saturated carbocycles. The quantitative estimate of drug-likeness (QED) is 0.902. The molecule has 1 aromatic carbocycles. The summed E-state index contributed by atoms with van der Waals surface area (Å²) >= 11 is 0. The monoisotopic (exact) mass is 277 g/mol. The summed E-state index contributed by atoms with van der Waals surface area (Å²) in [7, 11) is 3.17. The Labute approximate surface area is 117 Å². The molecule has 108 valence electrons. The molecule has 0 aliphatic heterocycles. The van der Waals surface area contributed by atoms with E-state index in [0.29, 0.717) is 23.2 Å². The maximum absolute atomic E-state index is 6.16. The van der Waals surface area contributed by atoms with E-state index in [4.69, 9.17) is 19.7 Å². The molecule has 0 saturated heterocycles. The predicted octanol–water partition coefficient (Wildman–Crippen LogP) is 2.26. The Bertz CT molecular complexity index is 581. The lowest BCUT2D eigenvalue weighted by Crippen LogP contribution is -2.14. The van der Waals surface area contributed by atoms with Crippen molar-refractivity contribution in [1.82, 2.24) is 10.1 Å². The lowest BCUT2D eigenvalue weighted by Gasteiger charge is -2.12. The number of nitrogens with zero attached hydrogens (tertiary/aromatic N) is 2. The second kappa shape index (κ2) is 5.92. The van der Waals surface area contributed by atoms with Gasteiger partial charge in [0, 0.05) is 5.92 Å². The van der Waals surface area contributed by atoms with Crippen molar-refractivity contribution < 1.29 is 14.0 Å². The summed E-state index contributed by atoms with van der Waals surface area (Å²) in [6.07, 6.45) is 0. The van der Waals surface area contributed by atoms with Crippen LogP contribution >= 0.6 is 0 Å². The minimum Gasteiger partial charge on any atom is -0.493 e. The van der Waals surface area contributed by atoms with Gasteiger partial charge in [0.15, 0.2) is 17.3 Å². The number of hydrogen-bond acceptors (Lipinski definition) is 6. The van der Waals surface area contributed by atoms with Gasteiger partial charge >= 0.3 is 0 Å². The summed E-state index contributed by atoms with van der Waals surface area (Å²) in [5, 5.41) is 3.93. The van der Waals surface area contributed by atoms with Crippen LogP contribution in [0.3, 0.4) is 0 Å². The molecule has 0 amide bonds. The van der Waals surface area contributed by atoms with Gasteiger partial charge in [0.25, 0.3) is 0 Å². The minimum absolute atomic E-state index is 0.175. The van der Waals surface area contributed by atoms with Gasteiger partial charge in [-0.25, -0.2) is 0 Å². The number of nitrogens with two attached hydrogens (primary N) is 1. The van der Waals surface area contributed by atoms with Gasteiger partial charge in [-0.3, -0.25) is 0 Å². The Morgan fingerprint density at radius 1 is 1.15 bits per heavy atom. The van der Waals surface area contributed by atoms with Crippen molar-refractivity contribution in [3.05, 3.63) is 35.5 Å². The third kappa shape index (κ3) is 2.75. The molecule has 0 radical (unpaired) electrons. The molecule has 6 heteroatoms. The fraction of sp³-hybridized carbons (Fsp3) is 0.429. The zero-order valence-electron chi connectivity index (χ0n) is 12.1. The maximum atomic E-state index is 6.16. The molecular weight excluding hydrogens is 258 g/mol. The van der Waals surface area contributed by atoms with Gasteiger partial charge in [-0.1, -0.05) is 25.1 Å². The van der Waals surface area contributed by atoms with Crippen LogP contribution in [0.2, 0.25) is 0 Å². The van der Waals surface area contributed by atoms with E-state index in [1.165, 1.54) is 0 Å². The molecular formula is C14H19N3O3. The molecule has 6 nitrogen and oxygen atoms in total. The molecule has 0 fully saturated rings. The third-order valence-corrected chi connectivity index (χ3v) is 3.00. The second-order valence-electron chi connectivity index (χ2n) is 4.74. The topological polar surface area (TPSA) is 83.4 Å². The molecule has 0 spiro atoms. The zero-order valence-corrected chi connectivity index (χ0v) is 12.1. The van der Waals surface area contributed by atoms with Crippen molar-refractivity contribution >= 4 is 0 Å². The van der Waals surface area contributed by atoms with E-state index in [0.717, 1.165) is 5.56 Å². The van der Waals surface area contributed by atoms with Crippen molar-refractivity contribution in [3.63, 3.8) is 0 Å². The summed E-state index contributed by atoms with van der Waals surface area (Å²) in [4.78, 5) is 4.31. The average molecular weight is 277 g/mol. The molecule has 2 aromatic rings. The van der Waals surface area contributed by atoms with Crippen LogP contribution in [0.15, 0.2) is 22.7 Å². The van der Waals surface area contributed by atoms with Crippen molar-refractivity contribution in [1.29, 1.82) is 0 Å². The lowest BCUT2D eigenvalue weighted by atomic mass is 10.1. The highest BCUT2D eigenvalue weighted by atomic mass is 16.5. The first-order valence-corrected chi connectivity index (χ1v) is 6.37. The molecule has 0 aliphatic rings. The zero-order chi connectivity index (χ0) is 14.7. The van der Waals surface area contributed by atoms with Crippen LogP contribution in [0.5, 0.6) is 11.5 Å². The Morgan fingerprint density at radius 2 is 1.85 bits per heavy atom. The standard InChI is InChI=1S/C14H19N3O3/c1-8(2)14-16-13(17-20-14)12(15)9-5-6-10(18-3)11(7-9)19-4/h5-8,12H,15H2,1-4H3. The Balaban J connectivity index is 2.30. The largest absolute Gasteiger partial charge is 0.493 e. The van der Waals surface area contributed by atoms with Gasteiger partial charge in [0.05, 0.1) is 20.3 Å². The van der Waals surface area contributed by atoms with Gasteiger partial charge in [0.1, 0.15) is 0 Å². The van der Waals surface area contributed by atoms with Gasteiger partial charge < -0.3 is 19.7 Å². The summed E-state index contributed by atoms with van der Waals surface area (Å²) in [5.74, 6) is 2.48. The molecule has 2 rings (SSSR count). The normalized spacial score (nSPS) is 12.5. The Hall–Kier alpha value is -2.08.